The second-order valence-electron chi connectivity index (χ2n) is 14.7. The van der Waals surface area contributed by atoms with Crippen LogP contribution in [0.25, 0.3) is 6.08 Å². The summed E-state index contributed by atoms with van der Waals surface area (Å²) in [5.41, 5.74) is 15.6. The lowest BCUT2D eigenvalue weighted by molar-refractivity contribution is 0.332. The van der Waals surface area contributed by atoms with E-state index in [1.807, 2.05) is 17.4 Å². The first kappa shape index (κ1) is 28.5. The van der Waals surface area contributed by atoms with Gasteiger partial charge in [-0.3, -0.25) is 0 Å². The minimum atomic E-state index is 0.138. The Morgan fingerprint density at radius 3 is 2.49 bits per heavy atom. The summed E-state index contributed by atoms with van der Waals surface area (Å²) in [7, 11) is 0. The molecule has 45 heavy (non-hydrogen) atoms. The average Bonchev–Trinajstić information content (AvgIpc) is 3.40. The number of fused-ring (bicyclic) bond motifs is 7. The van der Waals surface area contributed by atoms with Crippen LogP contribution in [0.3, 0.4) is 0 Å². The molecule has 0 spiro atoms. The van der Waals surface area contributed by atoms with Gasteiger partial charge in [-0.05, 0) is 115 Å². The molecule has 5 aliphatic rings. The highest BCUT2D eigenvalue weighted by molar-refractivity contribution is 7.29. The molecular formula is C41H41BN2S. The molecule has 2 aromatic carbocycles. The molecule has 224 valence electrons. The predicted molar refractivity (Wildman–Crippen MR) is 197 cm³/mol. The molecular weight excluding hydrogens is 563 g/mol. The van der Waals surface area contributed by atoms with Crippen LogP contribution in [0.1, 0.15) is 88.3 Å². The van der Waals surface area contributed by atoms with Crippen LogP contribution in [0.2, 0.25) is 0 Å². The minimum Gasteiger partial charge on any atom is -0.317 e. The van der Waals surface area contributed by atoms with Crippen LogP contribution < -0.4 is 25.5 Å². The zero-order valence-electron chi connectivity index (χ0n) is 27.2. The van der Waals surface area contributed by atoms with Gasteiger partial charge in [0.2, 0.25) is 0 Å². The molecule has 1 aromatic heterocycles. The first-order chi connectivity index (χ1) is 21.7. The molecule has 2 nitrogen and oxygen atoms in total. The van der Waals surface area contributed by atoms with E-state index in [0.29, 0.717) is 0 Å². The maximum absolute atomic E-state index is 5.56. The van der Waals surface area contributed by atoms with Crippen molar-refractivity contribution in [1.82, 2.24) is 0 Å². The van der Waals surface area contributed by atoms with E-state index in [1.165, 1.54) is 84.1 Å². The first-order valence-corrected chi connectivity index (χ1v) is 17.4. The van der Waals surface area contributed by atoms with Gasteiger partial charge in [0.15, 0.2) is 0 Å². The lowest BCUT2D eigenvalue weighted by atomic mass is 9.35. The van der Waals surface area contributed by atoms with Gasteiger partial charge in [0.1, 0.15) is 0 Å². The molecule has 0 saturated heterocycles. The van der Waals surface area contributed by atoms with Crippen molar-refractivity contribution >= 4 is 62.6 Å². The lowest BCUT2D eigenvalue weighted by Crippen LogP contribution is -2.61. The fourth-order valence-corrected chi connectivity index (χ4v) is 9.72. The Bertz CT molecular complexity index is 1950. The van der Waals surface area contributed by atoms with Gasteiger partial charge >= 0.3 is 0 Å². The van der Waals surface area contributed by atoms with Crippen molar-refractivity contribution in [1.29, 1.82) is 0 Å². The minimum absolute atomic E-state index is 0.138. The lowest BCUT2D eigenvalue weighted by Gasteiger charge is -2.47. The van der Waals surface area contributed by atoms with Gasteiger partial charge < -0.3 is 9.80 Å². The van der Waals surface area contributed by atoms with Crippen molar-refractivity contribution in [2.75, 3.05) is 9.80 Å². The molecule has 3 heterocycles. The van der Waals surface area contributed by atoms with Crippen molar-refractivity contribution < 1.29 is 0 Å². The first-order valence-electron chi connectivity index (χ1n) is 16.6. The number of thiophene rings is 1. The van der Waals surface area contributed by atoms with Crippen LogP contribution in [0.5, 0.6) is 0 Å². The van der Waals surface area contributed by atoms with E-state index in [-0.39, 0.29) is 17.5 Å². The Balaban J connectivity index is 1.46. The summed E-state index contributed by atoms with van der Waals surface area (Å²) in [6, 6.07) is 12.2. The average molecular weight is 605 g/mol. The van der Waals surface area contributed by atoms with Crippen LogP contribution in [0.4, 0.5) is 22.7 Å². The highest BCUT2D eigenvalue weighted by Gasteiger charge is 2.47. The summed E-state index contributed by atoms with van der Waals surface area (Å²) >= 11 is 2.05. The highest BCUT2D eigenvalue weighted by Crippen LogP contribution is 2.50. The van der Waals surface area contributed by atoms with Crippen molar-refractivity contribution in [3.63, 3.8) is 0 Å². The number of aryl methyl sites for hydroxylation is 1. The largest absolute Gasteiger partial charge is 0.317 e. The molecule has 4 heteroatoms. The number of hydrogen-bond acceptors (Lipinski definition) is 3. The number of anilines is 4. The molecule has 0 atom stereocenters. The van der Waals surface area contributed by atoms with E-state index >= 15 is 0 Å². The van der Waals surface area contributed by atoms with Crippen LogP contribution in [0.15, 0.2) is 84.3 Å². The summed E-state index contributed by atoms with van der Waals surface area (Å²) in [4.78, 5) is 6.55. The number of allylic oxidation sites excluding steroid dienone is 7. The molecule has 0 radical (unpaired) electrons. The van der Waals surface area contributed by atoms with E-state index in [0.717, 1.165) is 25.7 Å². The zero-order chi connectivity index (χ0) is 31.1. The Morgan fingerprint density at radius 2 is 1.73 bits per heavy atom. The van der Waals surface area contributed by atoms with Crippen LogP contribution in [-0.2, 0) is 17.3 Å². The van der Waals surface area contributed by atoms with Crippen LogP contribution in [0, 0.1) is 12.3 Å². The maximum Gasteiger partial charge on any atom is 0.264 e. The van der Waals surface area contributed by atoms with Gasteiger partial charge in [-0.1, -0.05) is 75.6 Å². The Kier molecular flexibility index (Phi) is 6.53. The van der Waals surface area contributed by atoms with Gasteiger partial charge in [-0.25, -0.2) is 0 Å². The number of terminal acetylenes is 1. The normalized spacial score (nSPS) is 20.2. The molecule has 2 aliphatic heterocycles. The summed E-state index contributed by atoms with van der Waals surface area (Å²) < 4.78 is 1.47. The Labute approximate surface area is 273 Å². The fraction of sp³-hybridized carbons (Fsp3) is 0.317. The van der Waals surface area contributed by atoms with E-state index in [2.05, 4.69) is 117 Å². The van der Waals surface area contributed by atoms with Crippen LogP contribution >= 0.6 is 11.3 Å². The molecule has 3 aliphatic carbocycles. The van der Waals surface area contributed by atoms with Gasteiger partial charge in [0.25, 0.3) is 6.71 Å². The summed E-state index contributed by atoms with van der Waals surface area (Å²) in [5.74, 6) is 2.64. The number of benzene rings is 2. The van der Waals surface area contributed by atoms with Crippen molar-refractivity contribution in [2.24, 2.45) is 0 Å². The van der Waals surface area contributed by atoms with E-state index in [9.17, 15) is 0 Å². The summed E-state index contributed by atoms with van der Waals surface area (Å²) in [6.45, 7) is 12.3. The molecule has 0 unspecified atom stereocenters. The smallest absolute Gasteiger partial charge is 0.264 e. The van der Waals surface area contributed by atoms with Gasteiger partial charge in [-0.2, -0.15) is 11.3 Å². The van der Waals surface area contributed by atoms with Crippen molar-refractivity contribution in [3.8, 4) is 12.3 Å². The third-order valence-electron chi connectivity index (χ3n) is 10.8. The van der Waals surface area contributed by atoms with Crippen molar-refractivity contribution in [3.05, 3.63) is 106 Å². The number of nitrogens with zero attached hydrogens (tertiary/aromatic N) is 2. The van der Waals surface area contributed by atoms with Crippen molar-refractivity contribution in [2.45, 2.75) is 84.0 Å². The molecule has 3 aromatic rings. The predicted octanol–water partition coefficient (Wildman–Crippen LogP) is 8.80. The molecule has 0 amide bonds. The molecule has 0 bridgehead atoms. The number of rotatable bonds is 3. The van der Waals surface area contributed by atoms with Gasteiger partial charge in [0.05, 0.1) is 5.69 Å². The maximum atomic E-state index is 5.56. The second-order valence-corrected chi connectivity index (χ2v) is 15.8. The fourth-order valence-electron chi connectivity index (χ4n) is 8.32. The van der Waals surface area contributed by atoms with Gasteiger partial charge in [0, 0.05) is 44.2 Å². The highest BCUT2D eigenvalue weighted by atomic mass is 32.1. The summed E-state index contributed by atoms with van der Waals surface area (Å²) in [5, 5.41) is 0. The van der Waals surface area contributed by atoms with Crippen LogP contribution in [-0.4, -0.2) is 6.71 Å². The second kappa shape index (κ2) is 10.3. The monoisotopic (exact) mass is 604 g/mol. The Hall–Kier alpha value is -3.94. The Morgan fingerprint density at radius 1 is 0.956 bits per heavy atom. The molecule has 0 saturated carbocycles. The molecule has 0 N–H and O–H groups in total. The molecule has 0 fully saturated rings. The van der Waals surface area contributed by atoms with E-state index < -0.39 is 0 Å². The number of hydrogen-bond donors (Lipinski definition) is 0. The standard InChI is InChI=1S/C41H41BN2S/c1-7-8-9-13-23-43-33-17-14-18-34-37(33)42(39-38(43)29-24-27(2)19-20-36(29)45-39)32-25-30-31(41(5,6)22-21-40(30,3)4)26-35(32)44(34)28-15-11-10-12-16-28/h1,8-9,11,13-18,23-26H,10,12,19-22H2,2-6H3/b9-8-,23-13-. The molecule has 8 rings (SSSR count). The quantitative estimate of drug-likeness (QED) is 0.168. The SMILES string of the molecule is C#C/C=C\C=C/N1c2cccc3c2B(c2cc4c(cc2N3C2=CCCC=C2)C(C)(C)CCC4(C)C)c2sc3c(c21)C=C(C)CC3. The third-order valence-corrected chi connectivity index (χ3v) is 12.2. The van der Waals surface area contributed by atoms with E-state index in [4.69, 9.17) is 6.42 Å². The topological polar surface area (TPSA) is 6.48 Å². The third kappa shape index (κ3) is 4.31. The van der Waals surface area contributed by atoms with Gasteiger partial charge in [-0.15, -0.1) is 6.42 Å². The summed E-state index contributed by atoms with van der Waals surface area (Å²) in [6.07, 6.45) is 30.0. The zero-order valence-corrected chi connectivity index (χ0v) is 28.0. The van der Waals surface area contributed by atoms with E-state index in [1.54, 1.807) is 6.08 Å².